The molecule has 1 aliphatic carbocycles. The van der Waals surface area contributed by atoms with E-state index in [1.165, 1.54) is 5.56 Å². The van der Waals surface area contributed by atoms with Gasteiger partial charge >= 0.3 is 0 Å². The maximum absolute atomic E-state index is 8.88. The Morgan fingerprint density at radius 1 is 1.50 bits per heavy atom. The second-order valence-corrected chi connectivity index (χ2v) is 6.41. The fraction of sp³-hybridized carbons (Fsp3) is 0.400. The quantitative estimate of drug-likeness (QED) is 0.868. The van der Waals surface area contributed by atoms with Gasteiger partial charge in [-0.3, -0.25) is 0 Å². The van der Waals surface area contributed by atoms with Crippen LogP contribution in [0, 0.1) is 17.2 Å². The van der Waals surface area contributed by atoms with E-state index in [2.05, 4.69) is 50.4 Å². The predicted molar refractivity (Wildman–Crippen MR) is 78.9 cm³/mol. The molecule has 1 aromatic heterocycles. The molecule has 1 fully saturated rings. The second-order valence-electron chi connectivity index (χ2n) is 5.49. The van der Waals surface area contributed by atoms with E-state index < -0.39 is 0 Å². The Kier molecular flexibility index (Phi) is 3.35. The lowest BCUT2D eigenvalue weighted by molar-refractivity contribution is 0.172. The summed E-state index contributed by atoms with van der Waals surface area (Å²) in [5.41, 5.74) is 1.15. The van der Waals surface area contributed by atoms with Crippen molar-refractivity contribution in [3.63, 3.8) is 0 Å². The van der Waals surface area contributed by atoms with Crippen LogP contribution in [0.1, 0.15) is 30.7 Å². The van der Waals surface area contributed by atoms with E-state index in [-0.39, 0.29) is 5.41 Å². The first kappa shape index (κ1) is 13.3. The highest BCUT2D eigenvalue weighted by molar-refractivity contribution is 9.10. The average molecular weight is 331 g/mol. The lowest BCUT2D eigenvalue weighted by atomic mass is 9.57. The monoisotopic (exact) mass is 330 g/mol. The Labute approximate surface area is 126 Å². The molecule has 20 heavy (non-hydrogen) atoms. The second kappa shape index (κ2) is 5.02. The fourth-order valence-electron chi connectivity index (χ4n) is 3.25. The number of nitrogens with zero attached hydrogens (tertiary/aromatic N) is 4. The first-order valence-corrected chi connectivity index (χ1v) is 7.42. The number of benzene rings is 1. The summed E-state index contributed by atoms with van der Waals surface area (Å²) in [6.45, 7) is 0. The molecule has 0 bridgehead atoms. The molecule has 5 heteroatoms. The summed E-state index contributed by atoms with van der Waals surface area (Å²) in [6, 6.07) is 10.6. The smallest absolute Gasteiger partial charge is 0.143 e. The fourth-order valence-corrected chi connectivity index (χ4v) is 3.65. The third-order valence-corrected chi connectivity index (χ3v) is 4.66. The molecular weight excluding hydrogens is 316 g/mol. The van der Waals surface area contributed by atoms with E-state index in [0.29, 0.717) is 12.3 Å². The van der Waals surface area contributed by atoms with Crippen molar-refractivity contribution in [1.29, 1.82) is 5.26 Å². The largest absolute Gasteiger partial charge is 0.320 e. The van der Waals surface area contributed by atoms with E-state index >= 15 is 0 Å². The third kappa shape index (κ3) is 2.04. The standard InChI is InChI=1S/C15H15BrN4/c1-20-10-18-19-14(20)15(8-11(9-15)5-6-17)12-3-2-4-13(16)7-12/h2-4,7,10-11H,5,8-9H2,1H3. The molecule has 0 amide bonds. The minimum absolute atomic E-state index is 0.101. The minimum Gasteiger partial charge on any atom is -0.320 e. The van der Waals surface area contributed by atoms with Crippen LogP contribution < -0.4 is 0 Å². The van der Waals surface area contributed by atoms with Gasteiger partial charge in [-0.25, -0.2) is 0 Å². The summed E-state index contributed by atoms with van der Waals surface area (Å²) in [5.74, 6) is 1.44. The SMILES string of the molecule is Cn1cnnc1C1(c2cccc(Br)c2)CC(CC#N)C1. The van der Waals surface area contributed by atoms with Crippen LogP contribution in [-0.2, 0) is 12.5 Å². The highest BCUT2D eigenvalue weighted by Gasteiger charge is 2.49. The Balaban J connectivity index is 2.03. The summed E-state index contributed by atoms with van der Waals surface area (Å²) in [5, 5.41) is 17.2. The van der Waals surface area contributed by atoms with E-state index in [0.717, 1.165) is 23.1 Å². The molecule has 0 saturated heterocycles. The molecule has 0 atom stereocenters. The van der Waals surface area contributed by atoms with Crippen molar-refractivity contribution >= 4 is 15.9 Å². The molecule has 0 unspecified atom stereocenters. The van der Waals surface area contributed by atoms with Crippen molar-refractivity contribution in [2.24, 2.45) is 13.0 Å². The van der Waals surface area contributed by atoms with E-state index in [1.54, 1.807) is 6.33 Å². The van der Waals surface area contributed by atoms with Crippen LogP contribution in [-0.4, -0.2) is 14.8 Å². The van der Waals surface area contributed by atoms with Crippen molar-refractivity contribution in [1.82, 2.24) is 14.8 Å². The normalized spacial score (nSPS) is 24.9. The van der Waals surface area contributed by atoms with Crippen LogP contribution in [0.25, 0.3) is 0 Å². The van der Waals surface area contributed by atoms with Crippen molar-refractivity contribution in [2.45, 2.75) is 24.7 Å². The van der Waals surface area contributed by atoms with Crippen LogP contribution in [0.15, 0.2) is 35.1 Å². The Morgan fingerprint density at radius 2 is 2.30 bits per heavy atom. The molecule has 1 aliphatic rings. The molecule has 1 saturated carbocycles. The zero-order valence-corrected chi connectivity index (χ0v) is 12.8. The minimum atomic E-state index is -0.101. The van der Waals surface area contributed by atoms with Gasteiger partial charge < -0.3 is 4.57 Å². The molecule has 3 rings (SSSR count). The van der Waals surface area contributed by atoms with Gasteiger partial charge in [-0.1, -0.05) is 28.1 Å². The van der Waals surface area contributed by atoms with Gasteiger partial charge in [0.15, 0.2) is 0 Å². The van der Waals surface area contributed by atoms with E-state index in [1.807, 2.05) is 17.7 Å². The summed E-state index contributed by atoms with van der Waals surface area (Å²) in [7, 11) is 1.98. The van der Waals surface area contributed by atoms with Crippen molar-refractivity contribution in [3.05, 3.63) is 46.5 Å². The van der Waals surface area contributed by atoms with Crippen LogP contribution in [0.2, 0.25) is 0 Å². The van der Waals surface area contributed by atoms with Gasteiger partial charge in [0.2, 0.25) is 0 Å². The molecule has 0 spiro atoms. The summed E-state index contributed by atoms with van der Waals surface area (Å²) < 4.78 is 3.06. The van der Waals surface area contributed by atoms with Crippen molar-refractivity contribution in [2.75, 3.05) is 0 Å². The zero-order valence-electron chi connectivity index (χ0n) is 11.3. The zero-order chi connectivity index (χ0) is 14.2. The molecule has 4 nitrogen and oxygen atoms in total. The van der Waals surface area contributed by atoms with Gasteiger partial charge in [0.1, 0.15) is 12.2 Å². The Bertz CT molecular complexity index is 665. The van der Waals surface area contributed by atoms with Gasteiger partial charge in [-0.15, -0.1) is 10.2 Å². The molecule has 2 aromatic rings. The Hall–Kier alpha value is -1.67. The molecule has 1 aromatic carbocycles. The number of aromatic nitrogens is 3. The molecule has 0 radical (unpaired) electrons. The van der Waals surface area contributed by atoms with Gasteiger partial charge in [0, 0.05) is 17.9 Å². The first-order valence-electron chi connectivity index (χ1n) is 6.63. The molecule has 0 N–H and O–H groups in total. The summed E-state index contributed by atoms with van der Waals surface area (Å²) in [6.07, 6.45) is 4.29. The Morgan fingerprint density at radius 3 is 2.90 bits per heavy atom. The molecular formula is C15H15BrN4. The molecule has 1 heterocycles. The lowest BCUT2D eigenvalue weighted by Gasteiger charge is -2.46. The highest BCUT2D eigenvalue weighted by Crippen LogP contribution is 2.52. The van der Waals surface area contributed by atoms with Crippen molar-refractivity contribution < 1.29 is 0 Å². The van der Waals surface area contributed by atoms with Crippen LogP contribution in [0.5, 0.6) is 0 Å². The van der Waals surface area contributed by atoms with E-state index in [4.69, 9.17) is 5.26 Å². The number of nitriles is 1. The number of halogens is 1. The van der Waals surface area contributed by atoms with Crippen LogP contribution in [0.4, 0.5) is 0 Å². The predicted octanol–water partition coefficient (Wildman–Crippen LogP) is 3.19. The van der Waals surface area contributed by atoms with E-state index in [9.17, 15) is 0 Å². The van der Waals surface area contributed by atoms with Gasteiger partial charge in [-0.05, 0) is 36.5 Å². The number of aryl methyl sites for hydroxylation is 1. The van der Waals surface area contributed by atoms with Gasteiger partial charge in [0.05, 0.1) is 11.5 Å². The van der Waals surface area contributed by atoms with Crippen molar-refractivity contribution in [3.8, 4) is 6.07 Å². The number of rotatable bonds is 3. The van der Waals surface area contributed by atoms with Gasteiger partial charge in [-0.2, -0.15) is 5.26 Å². The lowest BCUT2D eigenvalue weighted by Crippen LogP contribution is -2.44. The number of hydrogen-bond donors (Lipinski definition) is 0. The maximum Gasteiger partial charge on any atom is 0.143 e. The maximum atomic E-state index is 8.88. The molecule has 102 valence electrons. The van der Waals surface area contributed by atoms with Crippen LogP contribution in [0.3, 0.4) is 0 Å². The number of hydrogen-bond acceptors (Lipinski definition) is 3. The summed E-state index contributed by atoms with van der Waals surface area (Å²) >= 11 is 3.54. The average Bonchev–Trinajstić information content (AvgIpc) is 2.80. The van der Waals surface area contributed by atoms with Crippen LogP contribution >= 0.6 is 15.9 Å². The highest BCUT2D eigenvalue weighted by atomic mass is 79.9. The topological polar surface area (TPSA) is 54.5 Å². The summed E-state index contributed by atoms with van der Waals surface area (Å²) in [4.78, 5) is 0. The first-order chi connectivity index (χ1) is 9.65. The molecule has 0 aliphatic heterocycles. The van der Waals surface area contributed by atoms with Gasteiger partial charge in [0.25, 0.3) is 0 Å². The third-order valence-electron chi connectivity index (χ3n) is 4.17.